The number of aromatic nitrogens is 4. The molecule has 0 atom stereocenters. The quantitative estimate of drug-likeness (QED) is 0.764. The number of hydrogen-bond donors (Lipinski definition) is 2. The Bertz CT molecular complexity index is 655. The van der Waals surface area contributed by atoms with E-state index >= 15 is 0 Å². The van der Waals surface area contributed by atoms with Crippen molar-refractivity contribution in [3.63, 3.8) is 0 Å². The van der Waals surface area contributed by atoms with Crippen molar-refractivity contribution in [2.45, 2.75) is 6.92 Å². The van der Waals surface area contributed by atoms with Crippen LogP contribution in [0, 0.1) is 6.92 Å². The summed E-state index contributed by atoms with van der Waals surface area (Å²) in [6.45, 7) is 1.92. The van der Waals surface area contributed by atoms with Crippen LogP contribution in [0.3, 0.4) is 0 Å². The minimum absolute atomic E-state index is 0.493. The van der Waals surface area contributed by atoms with Gasteiger partial charge in [-0.2, -0.15) is 4.98 Å². The Morgan fingerprint density at radius 1 is 0.905 bits per heavy atom. The molecule has 2 N–H and O–H groups in total. The number of benzene rings is 1. The maximum Gasteiger partial charge on any atom is 0.230 e. The first-order valence-electron chi connectivity index (χ1n) is 6.50. The van der Waals surface area contributed by atoms with Crippen LogP contribution >= 0.6 is 0 Å². The molecule has 6 heteroatoms. The molecule has 0 fully saturated rings. The Morgan fingerprint density at radius 3 is 2.52 bits per heavy atom. The van der Waals surface area contributed by atoms with Crippen LogP contribution in [0.2, 0.25) is 0 Å². The van der Waals surface area contributed by atoms with Crippen molar-refractivity contribution in [1.82, 2.24) is 19.9 Å². The maximum absolute atomic E-state index is 4.43. The lowest BCUT2D eigenvalue weighted by Crippen LogP contribution is -2.03. The lowest BCUT2D eigenvalue weighted by molar-refractivity contribution is 1.09. The fourth-order valence-electron chi connectivity index (χ4n) is 1.84. The number of para-hydroxylation sites is 1. The zero-order chi connectivity index (χ0) is 14.5. The largest absolute Gasteiger partial charge is 0.340 e. The highest BCUT2D eigenvalue weighted by atomic mass is 15.2. The Hall–Kier alpha value is -3.02. The molecule has 104 valence electrons. The SMILES string of the molecule is Cc1cc(Nc2ccccc2)nc(Nc2ccncn2)n1. The van der Waals surface area contributed by atoms with Gasteiger partial charge in [0.2, 0.25) is 5.95 Å². The molecule has 0 aliphatic carbocycles. The van der Waals surface area contributed by atoms with Crippen molar-refractivity contribution in [2.24, 2.45) is 0 Å². The zero-order valence-corrected chi connectivity index (χ0v) is 11.5. The topological polar surface area (TPSA) is 75.6 Å². The fraction of sp³-hybridized carbons (Fsp3) is 0.0667. The summed E-state index contributed by atoms with van der Waals surface area (Å²) in [6, 6.07) is 13.5. The molecule has 0 bridgehead atoms. The third-order valence-corrected chi connectivity index (χ3v) is 2.72. The number of rotatable bonds is 4. The molecule has 0 saturated heterocycles. The van der Waals surface area contributed by atoms with E-state index < -0.39 is 0 Å². The van der Waals surface area contributed by atoms with Gasteiger partial charge in [-0.3, -0.25) is 0 Å². The summed E-state index contributed by atoms with van der Waals surface area (Å²) in [5, 5.41) is 6.30. The zero-order valence-electron chi connectivity index (χ0n) is 11.5. The van der Waals surface area contributed by atoms with Gasteiger partial charge in [-0.1, -0.05) is 18.2 Å². The second-order valence-corrected chi connectivity index (χ2v) is 4.43. The molecule has 0 aliphatic heterocycles. The molecule has 3 rings (SSSR count). The fourth-order valence-corrected chi connectivity index (χ4v) is 1.84. The van der Waals surface area contributed by atoms with Crippen molar-refractivity contribution >= 4 is 23.3 Å². The highest BCUT2D eigenvalue weighted by Crippen LogP contribution is 2.17. The summed E-state index contributed by atoms with van der Waals surface area (Å²) in [5.41, 5.74) is 1.84. The normalized spacial score (nSPS) is 10.1. The van der Waals surface area contributed by atoms with Crippen LogP contribution in [-0.2, 0) is 0 Å². The van der Waals surface area contributed by atoms with E-state index in [1.54, 1.807) is 12.3 Å². The smallest absolute Gasteiger partial charge is 0.230 e. The average molecular weight is 278 g/mol. The number of aryl methyl sites for hydroxylation is 1. The van der Waals surface area contributed by atoms with Gasteiger partial charge in [0.25, 0.3) is 0 Å². The highest BCUT2D eigenvalue weighted by Gasteiger charge is 2.03. The van der Waals surface area contributed by atoms with E-state index in [1.165, 1.54) is 6.33 Å². The minimum Gasteiger partial charge on any atom is -0.340 e. The second-order valence-electron chi connectivity index (χ2n) is 4.43. The van der Waals surface area contributed by atoms with Crippen molar-refractivity contribution in [3.8, 4) is 0 Å². The lowest BCUT2D eigenvalue weighted by Gasteiger charge is -2.09. The molecule has 0 saturated carbocycles. The predicted octanol–water partition coefficient (Wildman–Crippen LogP) is 3.06. The van der Waals surface area contributed by atoms with Gasteiger partial charge in [0.15, 0.2) is 0 Å². The van der Waals surface area contributed by atoms with E-state index in [2.05, 4.69) is 30.6 Å². The summed E-state index contributed by atoms with van der Waals surface area (Å²) >= 11 is 0. The van der Waals surface area contributed by atoms with Gasteiger partial charge < -0.3 is 10.6 Å². The van der Waals surface area contributed by atoms with Crippen LogP contribution in [0.25, 0.3) is 0 Å². The van der Waals surface area contributed by atoms with E-state index in [0.29, 0.717) is 11.8 Å². The van der Waals surface area contributed by atoms with Gasteiger partial charge >= 0.3 is 0 Å². The summed E-state index contributed by atoms with van der Waals surface area (Å²) < 4.78 is 0. The molecule has 0 unspecified atom stereocenters. The predicted molar refractivity (Wildman–Crippen MR) is 81.8 cm³/mol. The van der Waals surface area contributed by atoms with Crippen LogP contribution in [0.15, 0.2) is 55.0 Å². The summed E-state index contributed by atoms with van der Waals surface area (Å²) in [6.07, 6.45) is 3.13. The van der Waals surface area contributed by atoms with E-state index in [0.717, 1.165) is 17.2 Å². The minimum atomic E-state index is 0.493. The molecule has 6 nitrogen and oxygen atoms in total. The number of anilines is 4. The Balaban J connectivity index is 1.83. The Morgan fingerprint density at radius 2 is 1.76 bits per heavy atom. The van der Waals surface area contributed by atoms with Gasteiger partial charge in [-0.25, -0.2) is 15.0 Å². The van der Waals surface area contributed by atoms with E-state index in [4.69, 9.17) is 0 Å². The third kappa shape index (κ3) is 3.50. The van der Waals surface area contributed by atoms with Gasteiger partial charge in [0.1, 0.15) is 18.0 Å². The van der Waals surface area contributed by atoms with Crippen LogP contribution in [0.5, 0.6) is 0 Å². The first-order valence-corrected chi connectivity index (χ1v) is 6.50. The van der Waals surface area contributed by atoms with E-state index in [9.17, 15) is 0 Å². The van der Waals surface area contributed by atoms with Crippen molar-refractivity contribution in [1.29, 1.82) is 0 Å². The van der Waals surface area contributed by atoms with E-state index in [1.807, 2.05) is 43.3 Å². The lowest BCUT2D eigenvalue weighted by atomic mass is 10.3. The first kappa shape index (κ1) is 13.0. The number of nitrogens with zero attached hydrogens (tertiary/aromatic N) is 4. The van der Waals surface area contributed by atoms with E-state index in [-0.39, 0.29) is 0 Å². The molecule has 3 aromatic rings. The maximum atomic E-state index is 4.43. The van der Waals surface area contributed by atoms with Gasteiger partial charge in [0.05, 0.1) is 0 Å². The first-order chi connectivity index (χ1) is 10.3. The molecular weight excluding hydrogens is 264 g/mol. The second kappa shape index (κ2) is 5.96. The van der Waals surface area contributed by atoms with Crippen LogP contribution in [0.1, 0.15) is 5.69 Å². The highest BCUT2D eigenvalue weighted by molar-refractivity contribution is 5.58. The Labute approximate surface area is 122 Å². The van der Waals surface area contributed by atoms with Gasteiger partial charge in [0, 0.05) is 23.6 Å². The molecular formula is C15H14N6. The summed E-state index contributed by atoms with van der Waals surface area (Å²) in [4.78, 5) is 16.7. The van der Waals surface area contributed by atoms with Gasteiger partial charge in [-0.15, -0.1) is 0 Å². The monoisotopic (exact) mass is 278 g/mol. The van der Waals surface area contributed by atoms with Crippen molar-refractivity contribution in [3.05, 3.63) is 60.7 Å². The standard InChI is InChI=1S/C15H14N6/c1-11-9-14(19-12-5-3-2-4-6-12)21-15(18-11)20-13-7-8-16-10-17-13/h2-10H,1H3,(H2,16,17,18,19,20,21). The molecule has 0 radical (unpaired) electrons. The molecule has 2 heterocycles. The van der Waals surface area contributed by atoms with Crippen molar-refractivity contribution < 1.29 is 0 Å². The third-order valence-electron chi connectivity index (χ3n) is 2.72. The molecule has 2 aromatic heterocycles. The summed E-state index contributed by atoms with van der Waals surface area (Å²) in [5.74, 6) is 1.87. The summed E-state index contributed by atoms with van der Waals surface area (Å²) in [7, 11) is 0. The van der Waals surface area contributed by atoms with Gasteiger partial charge in [-0.05, 0) is 25.1 Å². The molecule has 1 aromatic carbocycles. The van der Waals surface area contributed by atoms with Crippen LogP contribution < -0.4 is 10.6 Å². The number of hydrogen-bond acceptors (Lipinski definition) is 6. The molecule has 21 heavy (non-hydrogen) atoms. The average Bonchev–Trinajstić information content (AvgIpc) is 2.48. The Kier molecular flexibility index (Phi) is 3.68. The van der Waals surface area contributed by atoms with Crippen LogP contribution in [0.4, 0.5) is 23.3 Å². The van der Waals surface area contributed by atoms with Crippen LogP contribution in [-0.4, -0.2) is 19.9 Å². The molecule has 0 spiro atoms. The molecule has 0 aliphatic rings. The van der Waals surface area contributed by atoms with Crippen molar-refractivity contribution in [2.75, 3.05) is 10.6 Å². The number of nitrogens with one attached hydrogen (secondary N) is 2. The molecule has 0 amide bonds.